The molecule has 94 valence electrons. The van der Waals surface area contributed by atoms with Crippen molar-refractivity contribution >= 4 is 23.2 Å². The number of aryl methyl sites for hydroxylation is 1. The molecule has 0 aliphatic rings. The Morgan fingerprint density at radius 2 is 2.22 bits per heavy atom. The lowest BCUT2D eigenvalue weighted by molar-refractivity contribution is -0.115. The van der Waals surface area contributed by atoms with Crippen molar-refractivity contribution in [2.45, 2.75) is 13.3 Å². The summed E-state index contributed by atoms with van der Waals surface area (Å²) in [5.41, 5.74) is 1.33. The maximum absolute atomic E-state index is 11.5. The summed E-state index contributed by atoms with van der Waals surface area (Å²) in [6, 6.07) is 7.25. The Morgan fingerprint density at radius 3 is 2.89 bits per heavy atom. The van der Waals surface area contributed by atoms with Gasteiger partial charge in [-0.1, -0.05) is 17.3 Å². The van der Waals surface area contributed by atoms with Gasteiger partial charge in [0.2, 0.25) is 5.91 Å². The molecule has 1 amide bonds. The largest absolute Gasteiger partial charge is 0.334 e. The number of benzene rings is 1. The van der Waals surface area contributed by atoms with Gasteiger partial charge in [0.1, 0.15) is 0 Å². The second-order valence-electron chi connectivity index (χ2n) is 3.68. The molecule has 0 aliphatic carbocycles. The van der Waals surface area contributed by atoms with Crippen molar-refractivity contribution in [1.82, 2.24) is 10.1 Å². The predicted molar refractivity (Wildman–Crippen MR) is 68.4 cm³/mol. The first-order valence-electron chi connectivity index (χ1n) is 5.46. The molecule has 0 atom stereocenters. The van der Waals surface area contributed by atoms with Crippen LogP contribution in [0.1, 0.15) is 12.2 Å². The smallest absolute Gasteiger partial charge is 0.260 e. The molecule has 0 saturated carbocycles. The third-order valence-electron chi connectivity index (χ3n) is 2.28. The Morgan fingerprint density at radius 1 is 1.44 bits per heavy atom. The average Bonchev–Trinajstić information content (AvgIpc) is 2.77. The van der Waals surface area contributed by atoms with Gasteiger partial charge in [-0.25, -0.2) is 0 Å². The number of rotatable bonds is 4. The average molecular weight is 266 g/mol. The van der Waals surface area contributed by atoms with E-state index in [1.165, 1.54) is 0 Å². The summed E-state index contributed by atoms with van der Waals surface area (Å²) in [4.78, 5) is 15.7. The van der Waals surface area contributed by atoms with Gasteiger partial charge in [0, 0.05) is 12.3 Å². The topological polar surface area (TPSA) is 68.0 Å². The summed E-state index contributed by atoms with van der Waals surface area (Å²) in [6.07, 6.45) is 0.263. The van der Waals surface area contributed by atoms with E-state index in [9.17, 15) is 4.79 Å². The fraction of sp³-hybridized carbons (Fsp3) is 0.250. The van der Waals surface area contributed by atoms with Gasteiger partial charge in [0.05, 0.1) is 11.3 Å². The molecule has 1 aromatic heterocycles. The molecule has 0 unspecified atom stereocenters. The van der Waals surface area contributed by atoms with Crippen molar-refractivity contribution in [2.24, 2.45) is 0 Å². The zero-order valence-electron chi connectivity index (χ0n) is 9.81. The van der Waals surface area contributed by atoms with Crippen LogP contribution in [0.2, 0.25) is 0 Å². The highest BCUT2D eigenvalue weighted by molar-refractivity contribution is 6.19. The van der Waals surface area contributed by atoms with Gasteiger partial charge in [-0.3, -0.25) is 4.79 Å². The third kappa shape index (κ3) is 2.87. The van der Waals surface area contributed by atoms with Crippen molar-refractivity contribution in [3.63, 3.8) is 0 Å². The maximum atomic E-state index is 11.5. The Labute approximate surface area is 109 Å². The molecule has 1 N–H and O–H groups in total. The number of aromatic nitrogens is 2. The van der Waals surface area contributed by atoms with Crippen LogP contribution in [0.25, 0.3) is 11.5 Å². The van der Waals surface area contributed by atoms with E-state index < -0.39 is 0 Å². The minimum Gasteiger partial charge on any atom is -0.334 e. The van der Waals surface area contributed by atoms with E-state index in [0.29, 0.717) is 23.0 Å². The quantitative estimate of drug-likeness (QED) is 0.863. The summed E-state index contributed by atoms with van der Waals surface area (Å²) in [7, 11) is 0. The van der Waals surface area contributed by atoms with Crippen LogP contribution >= 0.6 is 11.6 Å². The predicted octanol–water partition coefficient (Wildman–Crippen LogP) is 2.61. The van der Waals surface area contributed by atoms with Gasteiger partial charge in [-0.15, -0.1) is 11.6 Å². The standard InChI is InChI=1S/C12H12ClN3O2/c1-8-14-12(18-16-8)9-4-2-3-5-10(9)15-11(17)6-7-13/h2-5H,6-7H2,1H3,(H,15,17). The van der Waals surface area contributed by atoms with E-state index in [4.69, 9.17) is 16.1 Å². The molecule has 0 aliphatic heterocycles. The van der Waals surface area contributed by atoms with E-state index in [-0.39, 0.29) is 18.2 Å². The van der Waals surface area contributed by atoms with Crippen LogP contribution in [0.3, 0.4) is 0 Å². The summed E-state index contributed by atoms with van der Waals surface area (Å²) < 4.78 is 5.09. The Bertz CT molecular complexity index is 554. The molecule has 5 nitrogen and oxygen atoms in total. The fourth-order valence-corrected chi connectivity index (χ4v) is 1.66. The number of carbonyl (C=O) groups is 1. The fourth-order valence-electron chi connectivity index (χ4n) is 1.48. The second-order valence-corrected chi connectivity index (χ2v) is 4.06. The highest BCUT2D eigenvalue weighted by Gasteiger charge is 2.12. The molecular weight excluding hydrogens is 254 g/mol. The van der Waals surface area contributed by atoms with Gasteiger partial charge < -0.3 is 9.84 Å². The van der Waals surface area contributed by atoms with Crippen LogP contribution in [0.15, 0.2) is 28.8 Å². The van der Waals surface area contributed by atoms with Crippen LogP contribution in [0.4, 0.5) is 5.69 Å². The van der Waals surface area contributed by atoms with Gasteiger partial charge in [-0.2, -0.15) is 4.98 Å². The van der Waals surface area contributed by atoms with Gasteiger partial charge in [0.25, 0.3) is 5.89 Å². The second kappa shape index (κ2) is 5.64. The Hall–Kier alpha value is -1.88. The lowest BCUT2D eigenvalue weighted by Crippen LogP contribution is -2.12. The number of amides is 1. The highest BCUT2D eigenvalue weighted by atomic mass is 35.5. The summed E-state index contributed by atoms with van der Waals surface area (Å²) in [6.45, 7) is 1.74. The summed E-state index contributed by atoms with van der Waals surface area (Å²) in [5, 5.41) is 6.50. The first-order chi connectivity index (χ1) is 8.70. The molecule has 18 heavy (non-hydrogen) atoms. The van der Waals surface area contributed by atoms with Crippen LogP contribution < -0.4 is 5.32 Å². The van der Waals surface area contributed by atoms with E-state index in [1.54, 1.807) is 13.0 Å². The first-order valence-corrected chi connectivity index (χ1v) is 5.99. The molecule has 0 saturated heterocycles. The lowest BCUT2D eigenvalue weighted by atomic mass is 10.1. The molecule has 0 radical (unpaired) electrons. The van der Waals surface area contributed by atoms with Crippen molar-refractivity contribution in [3.05, 3.63) is 30.1 Å². The highest BCUT2D eigenvalue weighted by Crippen LogP contribution is 2.26. The number of alkyl halides is 1. The van der Waals surface area contributed by atoms with E-state index in [1.807, 2.05) is 18.2 Å². The SMILES string of the molecule is Cc1noc(-c2ccccc2NC(=O)CCCl)n1. The number of para-hydroxylation sites is 1. The maximum Gasteiger partial charge on any atom is 0.260 e. The molecule has 0 spiro atoms. The third-order valence-corrected chi connectivity index (χ3v) is 2.47. The molecule has 2 aromatic rings. The van der Waals surface area contributed by atoms with Crippen LogP contribution in [-0.2, 0) is 4.79 Å². The number of hydrogen-bond donors (Lipinski definition) is 1. The van der Waals surface area contributed by atoms with E-state index in [0.717, 1.165) is 0 Å². The summed E-state index contributed by atoms with van der Waals surface area (Å²) in [5.74, 6) is 1.07. The van der Waals surface area contributed by atoms with Crippen LogP contribution in [-0.4, -0.2) is 21.9 Å². The molecular formula is C12H12ClN3O2. The number of hydrogen-bond acceptors (Lipinski definition) is 4. The van der Waals surface area contributed by atoms with Crippen molar-refractivity contribution in [1.29, 1.82) is 0 Å². The number of halogens is 1. The first kappa shape index (κ1) is 12.6. The van der Waals surface area contributed by atoms with E-state index in [2.05, 4.69) is 15.5 Å². The lowest BCUT2D eigenvalue weighted by Gasteiger charge is -2.07. The van der Waals surface area contributed by atoms with Gasteiger partial charge in [0.15, 0.2) is 5.82 Å². The molecule has 1 heterocycles. The number of nitrogens with zero attached hydrogens (tertiary/aromatic N) is 2. The Balaban J connectivity index is 2.28. The van der Waals surface area contributed by atoms with Crippen molar-refractivity contribution in [3.8, 4) is 11.5 Å². The van der Waals surface area contributed by atoms with E-state index >= 15 is 0 Å². The monoisotopic (exact) mass is 265 g/mol. The molecule has 0 fully saturated rings. The summed E-state index contributed by atoms with van der Waals surface area (Å²) >= 11 is 5.52. The van der Waals surface area contributed by atoms with Gasteiger partial charge in [-0.05, 0) is 19.1 Å². The molecule has 1 aromatic carbocycles. The number of carbonyl (C=O) groups excluding carboxylic acids is 1. The van der Waals surface area contributed by atoms with Crippen LogP contribution in [0.5, 0.6) is 0 Å². The number of anilines is 1. The molecule has 0 bridgehead atoms. The minimum atomic E-state index is -0.145. The van der Waals surface area contributed by atoms with Crippen molar-refractivity contribution in [2.75, 3.05) is 11.2 Å². The normalized spacial score (nSPS) is 10.3. The molecule has 6 heteroatoms. The minimum absolute atomic E-state index is 0.145. The van der Waals surface area contributed by atoms with Gasteiger partial charge >= 0.3 is 0 Å². The molecule has 2 rings (SSSR count). The van der Waals surface area contributed by atoms with Crippen LogP contribution in [0, 0.1) is 6.92 Å². The Kier molecular flexibility index (Phi) is 3.94. The zero-order valence-corrected chi connectivity index (χ0v) is 10.6. The number of nitrogens with one attached hydrogen (secondary N) is 1. The zero-order chi connectivity index (χ0) is 13.0. The van der Waals surface area contributed by atoms with Crippen molar-refractivity contribution < 1.29 is 9.32 Å².